The van der Waals surface area contributed by atoms with E-state index in [2.05, 4.69) is 4.90 Å². The molecular weight excluding hydrogens is 334 g/mol. The number of halogens is 1. The zero-order chi connectivity index (χ0) is 16.4. The molecule has 2 heterocycles. The van der Waals surface area contributed by atoms with Gasteiger partial charge in [-0.1, -0.05) is 29.8 Å². The van der Waals surface area contributed by atoms with Gasteiger partial charge in [0, 0.05) is 27.9 Å². The fraction of sp³-hybridized carbons (Fsp3) is 0.353. The minimum absolute atomic E-state index is 0.0581. The Kier molecular flexibility index (Phi) is 5.02. The molecule has 0 bridgehead atoms. The van der Waals surface area contributed by atoms with E-state index in [1.165, 1.54) is 17.6 Å². The number of fused-ring (bicyclic) bond motifs is 1. The van der Waals surface area contributed by atoms with Gasteiger partial charge in [-0.2, -0.15) is 0 Å². The summed E-state index contributed by atoms with van der Waals surface area (Å²) < 4.78 is 5.01. The summed E-state index contributed by atoms with van der Waals surface area (Å²) in [4.78, 5) is 16.7. The van der Waals surface area contributed by atoms with Crippen LogP contribution in [-0.4, -0.2) is 29.6 Å². The van der Waals surface area contributed by atoms with Crippen LogP contribution in [0.5, 0.6) is 0 Å². The standard InChI is InChI=1S/C17H18ClNO3S/c1-22-17(21)16(13-4-2-3-5-14(13)18)19-7-6-15-11(9-19)8-12(10-20)23-15/h2-5,8,16,20H,6-7,9-10H2,1H3/t16-/m0/s1. The number of methoxy groups -OCH3 is 1. The zero-order valence-corrected chi connectivity index (χ0v) is 14.4. The van der Waals surface area contributed by atoms with Crippen LogP contribution in [0.15, 0.2) is 30.3 Å². The third kappa shape index (κ3) is 3.28. The number of hydrogen-bond donors (Lipinski definition) is 1. The van der Waals surface area contributed by atoms with Gasteiger partial charge in [-0.3, -0.25) is 4.90 Å². The van der Waals surface area contributed by atoms with Gasteiger partial charge in [0.05, 0.1) is 13.7 Å². The van der Waals surface area contributed by atoms with Crippen molar-refractivity contribution < 1.29 is 14.6 Å². The largest absolute Gasteiger partial charge is 0.468 e. The van der Waals surface area contributed by atoms with Gasteiger partial charge in [-0.15, -0.1) is 11.3 Å². The molecule has 1 aromatic carbocycles. The molecular formula is C17H18ClNO3S. The van der Waals surface area contributed by atoms with E-state index in [4.69, 9.17) is 16.3 Å². The molecule has 1 N–H and O–H groups in total. The van der Waals surface area contributed by atoms with E-state index < -0.39 is 6.04 Å². The molecule has 0 unspecified atom stereocenters. The first-order chi connectivity index (χ1) is 11.1. The Morgan fingerprint density at radius 3 is 2.96 bits per heavy atom. The van der Waals surface area contributed by atoms with Crippen molar-refractivity contribution in [3.05, 3.63) is 56.2 Å². The molecule has 4 nitrogen and oxygen atoms in total. The predicted octanol–water partition coefficient (Wildman–Crippen LogP) is 3.17. The molecule has 0 spiro atoms. The molecule has 1 aromatic heterocycles. The first-order valence-corrected chi connectivity index (χ1v) is 8.61. The van der Waals surface area contributed by atoms with E-state index in [0.29, 0.717) is 11.6 Å². The number of aliphatic hydroxyl groups excluding tert-OH is 1. The van der Waals surface area contributed by atoms with Gasteiger partial charge in [-0.25, -0.2) is 4.79 Å². The van der Waals surface area contributed by atoms with Crippen molar-refractivity contribution in [2.24, 2.45) is 0 Å². The van der Waals surface area contributed by atoms with Crippen LogP contribution in [0, 0.1) is 0 Å². The van der Waals surface area contributed by atoms with Crippen molar-refractivity contribution in [3.8, 4) is 0 Å². The number of ether oxygens (including phenoxy) is 1. The number of aliphatic hydroxyl groups is 1. The first-order valence-electron chi connectivity index (χ1n) is 7.41. The molecule has 0 amide bonds. The second-order valence-electron chi connectivity index (χ2n) is 5.49. The molecule has 0 radical (unpaired) electrons. The van der Waals surface area contributed by atoms with Crippen LogP contribution in [-0.2, 0) is 29.1 Å². The molecule has 2 aromatic rings. The summed E-state index contributed by atoms with van der Waals surface area (Å²) in [5.41, 5.74) is 1.94. The summed E-state index contributed by atoms with van der Waals surface area (Å²) in [6.07, 6.45) is 0.859. The zero-order valence-electron chi connectivity index (χ0n) is 12.8. The van der Waals surface area contributed by atoms with Crippen molar-refractivity contribution in [1.29, 1.82) is 0 Å². The highest BCUT2D eigenvalue weighted by Gasteiger charge is 2.33. The summed E-state index contributed by atoms with van der Waals surface area (Å²) in [5, 5.41) is 9.87. The Morgan fingerprint density at radius 1 is 1.48 bits per heavy atom. The highest BCUT2D eigenvalue weighted by atomic mass is 35.5. The van der Waals surface area contributed by atoms with E-state index in [1.54, 1.807) is 17.4 Å². The SMILES string of the molecule is COC(=O)[C@H](c1ccccc1Cl)N1CCc2sc(CO)cc2C1. The van der Waals surface area contributed by atoms with Gasteiger partial charge >= 0.3 is 5.97 Å². The normalized spacial score (nSPS) is 16.0. The highest BCUT2D eigenvalue weighted by molar-refractivity contribution is 7.12. The van der Waals surface area contributed by atoms with Crippen LogP contribution in [0.1, 0.15) is 26.9 Å². The number of esters is 1. The molecule has 0 fully saturated rings. The fourth-order valence-electron chi connectivity index (χ4n) is 3.00. The minimum Gasteiger partial charge on any atom is -0.468 e. The molecule has 1 aliphatic rings. The fourth-order valence-corrected chi connectivity index (χ4v) is 4.27. The average molecular weight is 352 g/mol. The maximum absolute atomic E-state index is 12.4. The predicted molar refractivity (Wildman–Crippen MR) is 90.6 cm³/mol. The van der Waals surface area contributed by atoms with Crippen LogP contribution < -0.4 is 0 Å². The van der Waals surface area contributed by atoms with Crippen LogP contribution in [0.4, 0.5) is 0 Å². The van der Waals surface area contributed by atoms with Crippen molar-refractivity contribution in [1.82, 2.24) is 4.90 Å². The average Bonchev–Trinajstić information content (AvgIpc) is 2.99. The van der Waals surface area contributed by atoms with Gasteiger partial charge in [0.25, 0.3) is 0 Å². The Labute approximate surface area is 144 Å². The number of thiophene rings is 1. The Balaban J connectivity index is 1.92. The third-order valence-corrected chi connectivity index (χ3v) is 5.66. The van der Waals surface area contributed by atoms with Crippen LogP contribution in [0.25, 0.3) is 0 Å². The summed E-state index contributed by atoms with van der Waals surface area (Å²) in [7, 11) is 1.40. The molecule has 1 aliphatic heterocycles. The molecule has 122 valence electrons. The number of nitrogens with zero attached hydrogens (tertiary/aromatic N) is 1. The smallest absolute Gasteiger partial charge is 0.327 e. The van der Waals surface area contributed by atoms with E-state index in [-0.39, 0.29) is 12.6 Å². The van der Waals surface area contributed by atoms with Crippen molar-refractivity contribution in [2.45, 2.75) is 25.6 Å². The lowest BCUT2D eigenvalue weighted by Crippen LogP contribution is -2.38. The lowest BCUT2D eigenvalue weighted by atomic mass is 10.0. The van der Waals surface area contributed by atoms with Crippen molar-refractivity contribution >= 4 is 28.9 Å². The summed E-state index contributed by atoms with van der Waals surface area (Å²) in [6.45, 7) is 1.46. The summed E-state index contributed by atoms with van der Waals surface area (Å²) in [5.74, 6) is -0.306. The summed E-state index contributed by atoms with van der Waals surface area (Å²) >= 11 is 7.94. The van der Waals surface area contributed by atoms with Gasteiger partial charge in [0.1, 0.15) is 6.04 Å². The quantitative estimate of drug-likeness (QED) is 0.860. The lowest BCUT2D eigenvalue weighted by molar-refractivity contribution is -0.147. The molecule has 23 heavy (non-hydrogen) atoms. The number of carbonyl (C=O) groups is 1. The number of carbonyl (C=O) groups excluding carboxylic acids is 1. The van der Waals surface area contributed by atoms with E-state index in [1.807, 2.05) is 24.3 Å². The maximum atomic E-state index is 12.4. The maximum Gasteiger partial charge on any atom is 0.327 e. The first kappa shape index (κ1) is 16.5. The molecule has 6 heteroatoms. The van der Waals surface area contributed by atoms with Gasteiger partial charge in [-0.05, 0) is 29.7 Å². The van der Waals surface area contributed by atoms with Crippen LogP contribution >= 0.6 is 22.9 Å². The second kappa shape index (κ2) is 7.01. The topological polar surface area (TPSA) is 49.8 Å². The second-order valence-corrected chi connectivity index (χ2v) is 7.12. The lowest BCUT2D eigenvalue weighted by Gasteiger charge is -2.33. The number of hydrogen-bond acceptors (Lipinski definition) is 5. The van der Waals surface area contributed by atoms with Crippen LogP contribution in [0.2, 0.25) is 5.02 Å². The highest BCUT2D eigenvalue weighted by Crippen LogP contribution is 2.35. The van der Waals surface area contributed by atoms with E-state index in [0.717, 1.165) is 23.4 Å². The number of benzene rings is 1. The third-order valence-electron chi connectivity index (χ3n) is 4.09. The Bertz CT molecular complexity index is 716. The van der Waals surface area contributed by atoms with Gasteiger partial charge in [0.2, 0.25) is 0 Å². The molecule has 1 atom stereocenters. The van der Waals surface area contributed by atoms with Gasteiger partial charge < -0.3 is 9.84 Å². The van der Waals surface area contributed by atoms with Crippen molar-refractivity contribution in [2.75, 3.05) is 13.7 Å². The van der Waals surface area contributed by atoms with Crippen molar-refractivity contribution in [3.63, 3.8) is 0 Å². The molecule has 0 saturated carbocycles. The Hall–Kier alpha value is -1.40. The van der Waals surface area contributed by atoms with Gasteiger partial charge in [0.15, 0.2) is 0 Å². The molecule has 3 rings (SSSR count). The molecule has 0 saturated heterocycles. The van der Waals surface area contributed by atoms with E-state index >= 15 is 0 Å². The van der Waals surface area contributed by atoms with Crippen LogP contribution in [0.3, 0.4) is 0 Å². The Morgan fingerprint density at radius 2 is 2.26 bits per heavy atom. The summed E-state index contributed by atoms with van der Waals surface area (Å²) in [6, 6.07) is 8.89. The monoisotopic (exact) mass is 351 g/mol. The van der Waals surface area contributed by atoms with E-state index in [9.17, 15) is 9.90 Å². The molecule has 0 aliphatic carbocycles. The number of rotatable bonds is 4. The minimum atomic E-state index is -0.515.